The molecule has 0 atom stereocenters. The first-order chi connectivity index (χ1) is 11.4. The lowest BCUT2D eigenvalue weighted by molar-refractivity contribution is -0.123. The first-order valence-electron chi connectivity index (χ1n) is 7.39. The van der Waals surface area contributed by atoms with Gasteiger partial charge in [0, 0.05) is 10.7 Å². The molecule has 126 valence electrons. The molecule has 2 aromatic carbocycles. The molecule has 0 aliphatic rings. The van der Waals surface area contributed by atoms with Crippen molar-refractivity contribution in [3.8, 4) is 5.75 Å². The Bertz CT molecular complexity index is 775. The second kappa shape index (κ2) is 7.84. The van der Waals surface area contributed by atoms with Gasteiger partial charge in [-0.1, -0.05) is 17.7 Å². The minimum Gasteiger partial charge on any atom is -0.495 e. The lowest BCUT2D eigenvalue weighted by atomic mass is 10.1. The van der Waals surface area contributed by atoms with Gasteiger partial charge in [-0.25, -0.2) is 0 Å². The van der Waals surface area contributed by atoms with Gasteiger partial charge >= 0.3 is 0 Å². The van der Waals surface area contributed by atoms with Gasteiger partial charge in [0.1, 0.15) is 12.2 Å². The summed E-state index contributed by atoms with van der Waals surface area (Å²) in [6, 6.07) is 10.5. The lowest BCUT2D eigenvalue weighted by Crippen LogP contribution is -2.21. The van der Waals surface area contributed by atoms with Crippen LogP contribution < -0.4 is 15.4 Å². The summed E-state index contributed by atoms with van der Waals surface area (Å²) in [5, 5.41) is 5.80. The Morgan fingerprint density at radius 2 is 1.71 bits per heavy atom. The van der Waals surface area contributed by atoms with E-state index >= 15 is 0 Å². The van der Waals surface area contributed by atoms with Gasteiger partial charge in [-0.15, -0.1) is 0 Å². The number of benzene rings is 2. The number of nitrogens with one attached hydrogen (secondary N) is 2. The van der Waals surface area contributed by atoms with Crippen LogP contribution in [-0.4, -0.2) is 18.9 Å². The van der Waals surface area contributed by atoms with E-state index in [1.807, 2.05) is 26.0 Å². The van der Waals surface area contributed by atoms with Gasteiger partial charge in [0.25, 0.3) is 0 Å². The van der Waals surface area contributed by atoms with E-state index in [0.29, 0.717) is 22.1 Å². The third kappa shape index (κ3) is 4.73. The van der Waals surface area contributed by atoms with Crippen molar-refractivity contribution in [2.24, 2.45) is 0 Å². The standard InChI is InChI=1S/C18H19ClN2O3/c1-11-4-6-14(8-12(11)2)20-17(22)10-18(23)21-15-9-13(19)5-7-16(15)24-3/h4-9H,10H2,1-3H3,(H,20,22)(H,21,23). The zero-order valence-electron chi connectivity index (χ0n) is 13.8. The summed E-state index contributed by atoms with van der Waals surface area (Å²) in [5.74, 6) is -0.365. The second-order valence-electron chi connectivity index (χ2n) is 5.42. The summed E-state index contributed by atoms with van der Waals surface area (Å²) >= 11 is 5.91. The number of carbonyl (C=O) groups is 2. The van der Waals surface area contributed by atoms with Gasteiger partial charge in [0.2, 0.25) is 11.8 Å². The number of carbonyl (C=O) groups excluding carboxylic acids is 2. The van der Waals surface area contributed by atoms with Crippen LogP contribution in [0.3, 0.4) is 0 Å². The maximum absolute atomic E-state index is 12.0. The molecule has 0 heterocycles. The van der Waals surface area contributed by atoms with E-state index in [-0.39, 0.29) is 6.42 Å². The predicted molar refractivity (Wildman–Crippen MR) is 95.8 cm³/mol. The first-order valence-corrected chi connectivity index (χ1v) is 7.77. The molecule has 24 heavy (non-hydrogen) atoms. The van der Waals surface area contributed by atoms with Gasteiger partial charge in [0.05, 0.1) is 12.8 Å². The van der Waals surface area contributed by atoms with E-state index in [0.717, 1.165) is 11.1 Å². The summed E-state index contributed by atoms with van der Waals surface area (Å²) in [6.07, 6.45) is -0.303. The maximum atomic E-state index is 12.0. The summed E-state index contributed by atoms with van der Waals surface area (Å²) in [6.45, 7) is 3.95. The Morgan fingerprint density at radius 3 is 2.38 bits per heavy atom. The number of methoxy groups -OCH3 is 1. The predicted octanol–water partition coefficient (Wildman–Crippen LogP) is 3.93. The monoisotopic (exact) mass is 346 g/mol. The maximum Gasteiger partial charge on any atom is 0.233 e. The van der Waals surface area contributed by atoms with Gasteiger partial charge < -0.3 is 15.4 Å². The highest BCUT2D eigenvalue weighted by Gasteiger charge is 2.13. The van der Waals surface area contributed by atoms with Crippen LogP contribution in [0.4, 0.5) is 11.4 Å². The molecule has 6 heteroatoms. The van der Waals surface area contributed by atoms with Crippen LogP contribution in [0.25, 0.3) is 0 Å². The van der Waals surface area contributed by atoms with Crippen LogP contribution in [0, 0.1) is 13.8 Å². The fourth-order valence-corrected chi connectivity index (χ4v) is 2.31. The van der Waals surface area contributed by atoms with E-state index in [1.165, 1.54) is 7.11 Å². The number of aryl methyl sites for hydroxylation is 2. The van der Waals surface area contributed by atoms with E-state index < -0.39 is 11.8 Å². The van der Waals surface area contributed by atoms with Crippen LogP contribution in [0.5, 0.6) is 5.75 Å². The van der Waals surface area contributed by atoms with Crippen molar-refractivity contribution in [1.82, 2.24) is 0 Å². The molecule has 0 fully saturated rings. The first kappa shape index (κ1) is 17.8. The van der Waals surface area contributed by atoms with Crippen molar-refractivity contribution >= 4 is 34.8 Å². The number of anilines is 2. The van der Waals surface area contributed by atoms with Crippen LogP contribution in [-0.2, 0) is 9.59 Å². The van der Waals surface area contributed by atoms with Crippen molar-refractivity contribution in [3.05, 3.63) is 52.5 Å². The Kier molecular flexibility index (Phi) is 5.82. The summed E-state index contributed by atoms with van der Waals surface area (Å²) in [7, 11) is 1.49. The molecule has 0 aliphatic carbocycles. The van der Waals surface area contributed by atoms with E-state index in [9.17, 15) is 9.59 Å². The SMILES string of the molecule is COc1ccc(Cl)cc1NC(=O)CC(=O)Nc1ccc(C)c(C)c1. The normalized spacial score (nSPS) is 10.2. The Balaban J connectivity index is 1.98. The molecule has 0 saturated carbocycles. The number of rotatable bonds is 5. The van der Waals surface area contributed by atoms with Gasteiger partial charge in [-0.2, -0.15) is 0 Å². The topological polar surface area (TPSA) is 67.4 Å². The highest BCUT2D eigenvalue weighted by atomic mass is 35.5. The molecule has 2 rings (SSSR count). The molecule has 2 amide bonds. The van der Waals surface area contributed by atoms with Gasteiger partial charge in [0.15, 0.2) is 0 Å². The van der Waals surface area contributed by atoms with Crippen molar-refractivity contribution in [3.63, 3.8) is 0 Å². The Hall–Kier alpha value is -2.53. The van der Waals surface area contributed by atoms with Crippen molar-refractivity contribution in [2.45, 2.75) is 20.3 Å². The van der Waals surface area contributed by atoms with Crippen LogP contribution in [0.15, 0.2) is 36.4 Å². The minimum atomic E-state index is -0.447. The number of ether oxygens (including phenoxy) is 1. The molecule has 5 nitrogen and oxygen atoms in total. The smallest absolute Gasteiger partial charge is 0.233 e. The molecular weight excluding hydrogens is 328 g/mol. The zero-order chi connectivity index (χ0) is 17.7. The molecule has 2 aromatic rings. The Labute approximate surface area is 146 Å². The Morgan fingerprint density at radius 1 is 1.00 bits per heavy atom. The molecule has 0 aromatic heterocycles. The lowest BCUT2D eigenvalue weighted by Gasteiger charge is -2.11. The van der Waals surface area contributed by atoms with Crippen LogP contribution in [0.1, 0.15) is 17.5 Å². The molecule has 0 unspecified atom stereocenters. The highest BCUT2D eigenvalue weighted by Crippen LogP contribution is 2.27. The molecule has 0 radical (unpaired) electrons. The number of hydrogen-bond acceptors (Lipinski definition) is 3. The second-order valence-corrected chi connectivity index (χ2v) is 5.85. The molecule has 0 spiro atoms. The fraction of sp³-hybridized carbons (Fsp3) is 0.222. The molecular formula is C18H19ClN2O3. The molecule has 0 saturated heterocycles. The largest absolute Gasteiger partial charge is 0.495 e. The molecule has 0 bridgehead atoms. The van der Waals surface area contributed by atoms with Gasteiger partial charge in [-0.05, 0) is 55.3 Å². The minimum absolute atomic E-state index is 0.303. The fourth-order valence-electron chi connectivity index (χ4n) is 2.14. The van der Waals surface area contributed by atoms with E-state index in [4.69, 9.17) is 16.3 Å². The van der Waals surface area contributed by atoms with Gasteiger partial charge in [-0.3, -0.25) is 9.59 Å². The average molecular weight is 347 g/mol. The van der Waals surface area contributed by atoms with E-state index in [2.05, 4.69) is 10.6 Å². The van der Waals surface area contributed by atoms with Crippen LogP contribution >= 0.6 is 11.6 Å². The van der Waals surface area contributed by atoms with Crippen molar-refractivity contribution in [2.75, 3.05) is 17.7 Å². The third-order valence-corrected chi connectivity index (χ3v) is 3.78. The highest BCUT2D eigenvalue weighted by molar-refractivity contribution is 6.31. The summed E-state index contributed by atoms with van der Waals surface area (Å²) in [4.78, 5) is 24.0. The van der Waals surface area contributed by atoms with Crippen LogP contribution in [0.2, 0.25) is 5.02 Å². The molecule has 2 N–H and O–H groups in total. The quantitative estimate of drug-likeness (QED) is 0.806. The summed E-state index contributed by atoms with van der Waals surface area (Å²) in [5.41, 5.74) is 3.30. The number of halogens is 1. The number of amides is 2. The number of hydrogen-bond donors (Lipinski definition) is 2. The summed E-state index contributed by atoms with van der Waals surface area (Å²) < 4.78 is 5.15. The van der Waals surface area contributed by atoms with E-state index in [1.54, 1.807) is 24.3 Å². The van der Waals surface area contributed by atoms with Crippen molar-refractivity contribution in [1.29, 1.82) is 0 Å². The molecule has 0 aliphatic heterocycles. The zero-order valence-corrected chi connectivity index (χ0v) is 14.5. The van der Waals surface area contributed by atoms with Crippen molar-refractivity contribution < 1.29 is 14.3 Å². The average Bonchev–Trinajstić information content (AvgIpc) is 2.51. The third-order valence-electron chi connectivity index (χ3n) is 3.55.